The molecular weight excluding hydrogens is 230 g/mol. The standard InChI is InChI=1S/C12H21N5O/c1-10(13)12-14-9-17(15-12)8-11(18)16-6-4-2-3-5-7-16/h9-10H,2-8,13H2,1H3. The zero-order chi connectivity index (χ0) is 13.0. The highest BCUT2D eigenvalue weighted by Gasteiger charge is 2.16. The molecule has 1 atom stereocenters. The van der Waals surface area contributed by atoms with Crippen LogP contribution in [-0.2, 0) is 11.3 Å². The van der Waals surface area contributed by atoms with Gasteiger partial charge in [0.2, 0.25) is 5.91 Å². The molecular formula is C12H21N5O. The van der Waals surface area contributed by atoms with E-state index < -0.39 is 0 Å². The van der Waals surface area contributed by atoms with E-state index in [1.807, 2.05) is 11.8 Å². The number of aromatic nitrogens is 3. The molecule has 1 aromatic heterocycles. The van der Waals surface area contributed by atoms with Crippen molar-refractivity contribution in [2.45, 2.75) is 45.2 Å². The molecule has 0 bridgehead atoms. The van der Waals surface area contributed by atoms with Crippen LogP contribution >= 0.6 is 0 Å². The molecule has 1 aromatic rings. The number of likely N-dealkylation sites (tertiary alicyclic amines) is 1. The molecule has 100 valence electrons. The van der Waals surface area contributed by atoms with Gasteiger partial charge in [0.15, 0.2) is 5.82 Å². The topological polar surface area (TPSA) is 77.0 Å². The molecule has 1 saturated heterocycles. The molecule has 0 spiro atoms. The molecule has 6 nitrogen and oxygen atoms in total. The van der Waals surface area contributed by atoms with Gasteiger partial charge in [-0.3, -0.25) is 4.79 Å². The average molecular weight is 251 g/mol. The second kappa shape index (κ2) is 5.95. The quantitative estimate of drug-likeness (QED) is 0.858. The van der Waals surface area contributed by atoms with Crippen molar-refractivity contribution in [1.29, 1.82) is 0 Å². The van der Waals surface area contributed by atoms with Crippen LogP contribution in [0.25, 0.3) is 0 Å². The summed E-state index contributed by atoms with van der Waals surface area (Å²) in [4.78, 5) is 18.1. The highest BCUT2D eigenvalue weighted by Crippen LogP contribution is 2.10. The van der Waals surface area contributed by atoms with Crippen LogP contribution in [0.15, 0.2) is 6.33 Å². The molecule has 0 aromatic carbocycles. The first-order valence-electron chi connectivity index (χ1n) is 6.59. The zero-order valence-electron chi connectivity index (χ0n) is 10.9. The third-order valence-electron chi connectivity index (χ3n) is 3.22. The van der Waals surface area contributed by atoms with Crippen molar-refractivity contribution >= 4 is 5.91 Å². The maximum atomic E-state index is 12.1. The van der Waals surface area contributed by atoms with Crippen molar-refractivity contribution in [2.75, 3.05) is 13.1 Å². The lowest BCUT2D eigenvalue weighted by atomic mass is 10.2. The Bertz CT molecular complexity index is 393. The minimum absolute atomic E-state index is 0.123. The first kappa shape index (κ1) is 13.0. The second-order valence-electron chi connectivity index (χ2n) is 4.88. The molecule has 1 fully saturated rings. The third-order valence-corrected chi connectivity index (χ3v) is 3.22. The molecule has 6 heteroatoms. The van der Waals surface area contributed by atoms with Crippen molar-refractivity contribution in [2.24, 2.45) is 5.73 Å². The average Bonchev–Trinajstić information content (AvgIpc) is 2.64. The highest BCUT2D eigenvalue weighted by molar-refractivity contribution is 5.75. The Balaban J connectivity index is 1.92. The number of carbonyl (C=O) groups is 1. The van der Waals surface area contributed by atoms with Crippen molar-refractivity contribution in [3.63, 3.8) is 0 Å². The van der Waals surface area contributed by atoms with Gasteiger partial charge in [0, 0.05) is 13.1 Å². The molecule has 2 N–H and O–H groups in total. The summed E-state index contributed by atoms with van der Waals surface area (Å²) in [5, 5.41) is 4.20. The summed E-state index contributed by atoms with van der Waals surface area (Å²) in [6.07, 6.45) is 6.24. The molecule has 0 aliphatic carbocycles. The fraction of sp³-hybridized carbons (Fsp3) is 0.750. The van der Waals surface area contributed by atoms with Crippen molar-refractivity contribution in [3.05, 3.63) is 12.2 Å². The minimum atomic E-state index is -0.195. The lowest BCUT2D eigenvalue weighted by Crippen LogP contribution is -2.34. The van der Waals surface area contributed by atoms with Crippen molar-refractivity contribution < 1.29 is 4.79 Å². The maximum absolute atomic E-state index is 12.1. The minimum Gasteiger partial charge on any atom is -0.341 e. The van der Waals surface area contributed by atoms with Gasteiger partial charge in [-0.2, -0.15) is 5.10 Å². The monoisotopic (exact) mass is 251 g/mol. The zero-order valence-corrected chi connectivity index (χ0v) is 10.9. The van der Waals surface area contributed by atoms with E-state index in [0.29, 0.717) is 5.82 Å². The van der Waals surface area contributed by atoms with Crippen LogP contribution in [-0.4, -0.2) is 38.7 Å². The maximum Gasteiger partial charge on any atom is 0.244 e. The molecule has 18 heavy (non-hydrogen) atoms. The Labute approximate surface area is 107 Å². The van der Waals surface area contributed by atoms with E-state index in [4.69, 9.17) is 5.73 Å². The van der Waals surface area contributed by atoms with Crippen molar-refractivity contribution in [1.82, 2.24) is 19.7 Å². The van der Waals surface area contributed by atoms with Gasteiger partial charge in [0.05, 0.1) is 6.04 Å². The number of amides is 1. The summed E-state index contributed by atoms with van der Waals surface area (Å²) in [5.74, 6) is 0.705. The van der Waals surface area contributed by atoms with Crippen LogP contribution in [0.1, 0.15) is 44.5 Å². The summed E-state index contributed by atoms with van der Waals surface area (Å²) >= 11 is 0. The Morgan fingerprint density at radius 1 is 1.39 bits per heavy atom. The lowest BCUT2D eigenvalue weighted by molar-refractivity contribution is -0.132. The Morgan fingerprint density at radius 3 is 2.61 bits per heavy atom. The first-order chi connectivity index (χ1) is 8.66. The molecule has 0 radical (unpaired) electrons. The van der Waals surface area contributed by atoms with Crippen LogP contribution in [0.3, 0.4) is 0 Å². The van der Waals surface area contributed by atoms with Crippen LogP contribution in [0.5, 0.6) is 0 Å². The van der Waals surface area contributed by atoms with E-state index in [9.17, 15) is 4.79 Å². The highest BCUT2D eigenvalue weighted by atomic mass is 16.2. The van der Waals surface area contributed by atoms with Crippen molar-refractivity contribution in [3.8, 4) is 0 Å². The summed E-state index contributed by atoms with van der Waals surface area (Å²) in [7, 11) is 0. The Morgan fingerprint density at radius 2 is 2.06 bits per heavy atom. The van der Waals surface area contributed by atoms with Crippen LogP contribution in [0.4, 0.5) is 0 Å². The van der Waals surface area contributed by atoms with Gasteiger partial charge in [0.1, 0.15) is 12.9 Å². The molecule has 1 aliphatic rings. The number of carbonyl (C=O) groups excluding carboxylic acids is 1. The Kier molecular flexibility index (Phi) is 4.30. The molecule has 2 heterocycles. The molecule has 1 amide bonds. The van der Waals surface area contributed by atoms with E-state index in [0.717, 1.165) is 25.9 Å². The normalized spacial score (nSPS) is 18.4. The van der Waals surface area contributed by atoms with Gasteiger partial charge in [-0.05, 0) is 19.8 Å². The number of hydrogen-bond acceptors (Lipinski definition) is 4. The van der Waals surface area contributed by atoms with Gasteiger partial charge >= 0.3 is 0 Å². The number of nitrogens with zero attached hydrogens (tertiary/aromatic N) is 4. The smallest absolute Gasteiger partial charge is 0.244 e. The SMILES string of the molecule is CC(N)c1ncn(CC(=O)N2CCCCCC2)n1. The summed E-state index contributed by atoms with van der Waals surface area (Å²) in [5.41, 5.74) is 5.69. The molecule has 0 saturated carbocycles. The number of nitrogens with two attached hydrogens (primary N) is 1. The Hall–Kier alpha value is -1.43. The second-order valence-corrected chi connectivity index (χ2v) is 4.88. The van der Waals surface area contributed by atoms with E-state index in [1.54, 1.807) is 11.0 Å². The van der Waals surface area contributed by atoms with Gasteiger partial charge in [-0.1, -0.05) is 12.8 Å². The van der Waals surface area contributed by atoms with E-state index in [-0.39, 0.29) is 18.5 Å². The van der Waals surface area contributed by atoms with Crippen LogP contribution in [0, 0.1) is 0 Å². The summed E-state index contributed by atoms with van der Waals surface area (Å²) in [6, 6.07) is -0.195. The molecule has 1 aliphatic heterocycles. The molecule has 2 rings (SSSR count). The fourth-order valence-electron chi connectivity index (χ4n) is 2.15. The predicted octanol–water partition coefficient (Wildman–Crippen LogP) is 0.700. The predicted molar refractivity (Wildman–Crippen MR) is 67.7 cm³/mol. The lowest BCUT2D eigenvalue weighted by Gasteiger charge is -2.19. The fourth-order valence-corrected chi connectivity index (χ4v) is 2.15. The number of hydrogen-bond donors (Lipinski definition) is 1. The van der Waals surface area contributed by atoms with Crippen LogP contribution < -0.4 is 5.73 Å². The number of rotatable bonds is 3. The molecule has 1 unspecified atom stereocenters. The summed E-state index contributed by atoms with van der Waals surface area (Å²) < 4.78 is 1.58. The van der Waals surface area contributed by atoms with Crippen LogP contribution in [0.2, 0.25) is 0 Å². The summed E-state index contributed by atoms with van der Waals surface area (Å²) in [6.45, 7) is 3.83. The van der Waals surface area contributed by atoms with Gasteiger partial charge < -0.3 is 10.6 Å². The first-order valence-corrected chi connectivity index (χ1v) is 6.59. The van der Waals surface area contributed by atoms with Gasteiger partial charge in [-0.15, -0.1) is 0 Å². The van der Waals surface area contributed by atoms with E-state index in [2.05, 4.69) is 10.1 Å². The van der Waals surface area contributed by atoms with Gasteiger partial charge in [0.25, 0.3) is 0 Å². The third kappa shape index (κ3) is 3.29. The van der Waals surface area contributed by atoms with E-state index >= 15 is 0 Å². The largest absolute Gasteiger partial charge is 0.341 e. The van der Waals surface area contributed by atoms with E-state index in [1.165, 1.54) is 12.8 Å². The van der Waals surface area contributed by atoms with Gasteiger partial charge in [-0.25, -0.2) is 9.67 Å².